The van der Waals surface area contributed by atoms with Gasteiger partial charge in [0.05, 0.1) is 22.7 Å². The van der Waals surface area contributed by atoms with Crippen LogP contribution in [0.2, 0.25) is 0 Å². The van der Waals surface area contributed by atoms with Gasteiger partial charge in [-0.1, -0.05) is 6.92 Å². The molecule has 1 saturated heterocycles. The molecule has 2 aromatic heterocycles. The Labute approximate surface area is 247 Å². The number of alkyl halides is 2. The summed E-state index contributed by atoms with van der Waals surface area (Å²) in [6.45, 7) is 8.64. The van der Waals surface area contributed by atoms with Gasteiger partial charge in [0.1, 0.15) is 23.8 Å². The minimum Gasteiger partial charge on any atom is -0.463 e. The van der Waals surface area contributed by atoms with Crippen LogP contribution in [-0.2, 0) is 0 Å². The molecule has 3 heterocycles. The van der Waals surface area contributed by atoms with E-state index in [-0.39, 0.29) is 54.1 Å². The summed E-state index contributed by atoms with van der Waals surface area (Å²) in [7, 11) is 3.46. The van der Waals surface area contributed by atoms with Crippen molar-refractivity contribution < 1.29 is 22.3 Å². The molecular formula is C31H37F4N7O. The molecule has 2 fully saturated rings. The van der Waals surface area contributed by atoms with E-state index in [0.717, 1.165) is 12.0 Å². The first-order valence-corrected chi connectivity index (χ1v) is 14.6. The van der Waals surface area contributed by atoms with Crippen LogP contribution in [-0.4, -0.2) is 83.4 Å². The first-order valence-electron chi connectivity index (χ1n) is 14.6. The van der Waals surface area contributed by atoms with Crippen LogP contribution < -0.4 is 15.0 Å². The maximum absolute atomic E-state index is 16.7. The molecule has 230 valence electrons. The van der Waals surface area contributed by atoms with Crippen LogP contribution in [0, 0.1) is 30.9 Å². The van der Waals surface area contributed by atoms with E-state index in [2.05, 4.69) is 32.4 Å². The lowest BCUT2D eigenvalue weighted by molar-refractivity contribution is 0.0288. The summed E-state index contributed by atoms with van der Waals surface area (Å²) in [6, 6.07) is 3.16. The summed E-state index contributed by atoms with van der Waals surface area (Å²) in [4.78, 5) is 12.7. The number of halogens is 4. The largest absolute Gasteiger partial charge is 0.463 e. The molecule has 43 heavy (non-hydrogen) atoms. The molecule has 0 radical (unpaired) electrons. The van der Waals surface area contributed by atoms with Gasteiger partial charge < -0.3 is 19.9 Å². The summed E-state index contributed by atoms with van der Waals surface area (Å²) < 4.78 is 67.7. The zero-order valence-corrected chi connectivity index (χ0v) is 25.3. The van der Waals surface area contributed by atoms with Crippen LogP contribution in [0.1, 0.15) is 37.8 Å². The first-order chi connectivity index (χ1) is 20.3. The second kappa shape index (κ2) is 10.6. The number of nitrogens with zero attached hydrogens (tertiary/aromatic N) is 5. The van der Waals surface area contributed by atoms with E-state index in [9.17, 15) is 8.78 Å². The van der Waals surface area contributed by atoms with Gasteiger partial charge >= 0.3 is 6.01 Å². The Bertz CT molecular complexity index is 1710. The second-order valence-electron chi connectivity index (χ2n) is 12.6. The summed E-state index contributed by atoms with van der Waals surface area (Å²) in [6.07, 6.45) is 2.08. The topological polar surface area (TPSA) is 82.2 Å². The van der Waals surface area contributed by atoms with Crippen LogP contribution in [0.15, 0.2) is 18.3 Å². The Kier molecular flexibility index (Phi) is 7.28. The number of piperazine rings is 1. The summed E-state index contributed by atoms with van der Waals surface area (Å²) in [5.74, 6) is -4.19. The fourth-order valence-corrected chi connectivity index (χ4v) is 6.51. The Balaban J connectivity index is 1.52. The third kappa shape index (κ3) is 5.08. The lowest BCUT2D eigenvalue weighted by Gasteiger charge is -2.38. The van der Waals surface area contributed by atoms with Crippen molar-refractivity contribution in [2.45, 2.75) is 58.5 Å². The predicted octanol–water partition coefficient (Wildman–Crippen LogP) is 5.61. The SMILES string of the molecule is CC[C@@H]1CN(c2nc(OC[C@]3(CN(C)C)CC3(F)F)nc3c(F)c(-c4c(C)c(C)cc5[nH]ncc45)c(F)cc23)C[C@@H](C)N1. The zero-order chi connectivity index (χ0) is 30.8. The van der Waals surface area contributed by atoms with Crippen LogP contribution in [0.25, 0.3) is 32.9 Å². The number of aromatic amines is 1. The van der Waals surface area contributed by atoms with Gasteiger partial charge in [0, 0.05) is 54.5 Å². The van der Waals surface area contributed by atoms with Crippen LogP contribution in [0.3, 0.4) is 0 Å². The van der Waals surface area contributed by atoms with Crippen LogP contribution in [0.5, 0.6) is 6.01 Å². The monoisotopic (exact) mass is 599 g/mol. The normalized spacial score (nSPS) is 23.5. The quantitative estimate of drug-likeness (QED) is 0.255. The average molecular weight is 600 g/mol. The lowest BCUT2D eigenvalue weighted by Crippen LogP contribution is -2.55. The highest BCUT2D eigenvalue weighted by atomic mass is 19.3. The number of benzene rings is 2. The molecule has 0 bridgehead atoms. The molecule has 1 aliphatic heterocycles. The van der Waals surface area contributed by atoms with Gasteiger partial charge in [-0.05, 0) is 64.5 Å². The average Bonchev–Trinajstić information content (AvgIpc) is 3.22. The number of anilines is 1. The molecule has 0 amide bonds. The molecule has 2 aromatic carbocycles. The smallest absolute Gasteiger partial charge is 0.319 e. The molecule has 1 saturated carbocycles. The highest BCUT2D eigenvalue weighted by Gasteiger charge is 2.71. The number of hydrogen-bond acceptors (Lipinski definition) is 7. The molecule has 0 unspecified atom stereocenters. The van der Waals surface area contributed by atoms with Gasteiger partial charge in [-0.25, -0.2) is 17.6 Å². The second-order valence-corrected chi connectivity index (χ2v) is 12.6. The van der Waals surface area contributed by atoms with Crippen molar-refractivity contribution in [1.82, 2.24) is 30.4 Å². The fraction of sp³-hybridized carbons (Fsp3) is 0.516. The molecule has 3 atom stereocenters. The number of hydrogen-bond donors (Lipinski definition) is 2. The van der Waals surface area contributed by atoms with Crippen molar-refractivity contribution in [2.24, 2.45) is 5.41 Å². The summed E-state index contributed by atoms with van der Waals surface area (Å²) >= 11 is 0. The summed E-state index contributed by atoms with van der Waals surface area (Å²) in [5.41, 5.74) is 0.847. The number of fused-ring (bicyclic) bond motifs is 2. The third-order valence-corrected chi connectivity index (χ3v) is 8.91. The number of H-pyrrole nitrogens is 1. The highest BCUT2D eigenvalue weighted by Crippen LogP contribution is 2.60. The van der Waals surface area contributed by atoms with Gasteiger partial charge in [-0.2, -0.15) is 15.1 Å². The van der Waals surface area contributed by atoms with Crippen molar-refractivity contribution in [2.75, 3.05) is 45.2 Å². The maximum atomic E-state index is 16.7. The molecule has 0 spiro atoms. The van der Waals surface area contributed by atoms with E-state index < -0.39 is 23.0 Å². The Morgan fingerprint density at radius 3 is 2.51 bits per heavy atom. The van der Waals surface area contributed by atoms with E-state index in [4.69, 9.17) is 4.74 Å². The fourth-order valence-electron chi connectivity index (χ4n) is 6.51. The van der Waals surface area contributed by atoms with Gasteiger partial charge in [-0.15, -0.1) is 0 Å². The standard InChI is InChI=1S/C31H37F4N7O/c1-7-19-12-42(11-17(3)37-19)28-20-9-22(32)25(24-18(4)16(2)8-23-21(24)10-36-40-23)26(33)27(20)38-29(39-28)43-15-30(14-41(5)6)13-31(30,34)35/h8-10,17,19,37H,7,11-15H2,1-6H3,(H,36,40)/t17-,19-,30-/m1/s1. The molecule has 2 aliphatic rings. The van der Waals surface area contributed by atoms with E-state index in [1.165, 1.54) is 6.07 Å². The maximum Gasteiger partial charge on any atom is 0.319 e. The van der Waals surface area contributed by atoms with Crippen LogP contribution >= 0.6 is 0 Å². The van der Waals surface area contributed by atoms with E-state index >= 15 is 8.78 Å². The van der Waals surface area contributed by atoms with Crippen molar-refractivity contribution in [3.8, 4) is 17.1 Å². The van der Waals surface area contributed by atoms with Gasteiger partial charge in [0.25, 0.3) is 5.92 Å². The Morgan fingerprint density at radius 2 is 1.84 bits per heavy atom. The van der Waals surface area contributed by atoms with Gasteiger partial charge in [0.2, 0.25) is 0 Å². The van der Waals surface area contributed by atoms with E-state index in [1.807, 2.05) is 31.7 Å². The Hall–Kier alpha value is -3.51. The molecule has 1 aliphatic carbocycles. The molecule has 4 aromatic rings. The number of aryl methyl sites for hydroxylation is 1. The third-order valence-electron chi connectivity index (χ3n) is 8.91. The summed E-state index contributed by atoms with van der Waals surface area (Å²) in [5, 5.41) is 11.3. The van der Waals surface area contributed by atoms with Gasteiger partial charge in [0.15, 0.2) is 5.82 Å². The molecule has 2 N–H and O–H groups in total. The molecular weight excluding hydrogens is 562 g/mol. The number of ether oxygens (including phenoxy) is 1. The van der Waals surface area contributed by atoms with Crippen molar-refractivity contribution in [3.63, 3.8) is 0 Å². The molecule has 6 rings (SSSR count). The van der Waals surface area contributed by atoms with Gasteiger partial charge in [-0.3, -0.25) is 5.10 Å². The minimum absolute atomic E-state index is 0.0832. The minimum atomic E-state index is -2.89. The predicted molar refractivity (Wildman–Crippen MR) is 159 cm³/mol. The van der Waals surface area contributed by atoms with E-state index in [0.29, 0.717) is 40.9 Å². The number of nitrogens with one attached hydrogen (secondary N) is 2. The highest BCUT2D eigenvalue weighted by molar-refractivity contribution is 6.01. The number of aromatic nitrogens is 4. The van der Waals surface area contributed by atoms with Crippen molar-refractivity contribution in [3.05, 3.63) is 41.1 Å². The number of rotatable bonds is 8. The molecule has 12 heteroatoms. The molecule has 8 nitrogen and oxygen atoms in total. The first kappa shape index (κ1) is 29.6. The van der Waals surface area contributed by atoms with Crippen molar-refractivity contribution in [1.29, 1.82) is 0 Å². The lowest BCUT2D eigenvalue weighted by atomic mass is 9.92. The van der Waals surface area contributed by atoms with E-state index in [1.54, 1.807) is 25.2 Å². The Morgan fingerprint density at radius 1 is 1.09 bits per heavy atom. The van der Waals surface area contributed by atoms with Crippen LogP contribution in [0.4, 0.5) is 23.4 Å². The van der Waals surface area contributed by atoms with Crippen molar-refractivity contribution >= 4 is 27.6 Å². The zero-order valence-electron chi connectivity index (χ0n) is 25.3.